The molecular weight excluding hydrogens is 266 g/mol. The highest BCUT2D eigenvalue weighted by Gasteiger charge is 2.35. The molecule has 1 aromatic carbocycles. The van der Waals surface area contributed by atoms with Gasteiger partial charge in [0.1, 0.15) is 5.75 Å². The Bertz CT molecular complexity index is 514. The molecule has 1 unspecified atom stereocenters. The lowest BCUT2D eigenvalue weighted by molar-refractivity contribution is -0.128. The predicted octanol–water partition coefficient (Wildman–Crippen LogP) is 1.97. The van der Waals surface area contributed by atoms with Crippen LogP contribution in [0.3, 0.4) is 0 Å². The predicted molar refractivity (Wildman–Crippen MR) is 85.6 cm³/mol. The van der Waals surface area contributed by atoms with Crippen molar-refractivity contribution in [1.82, 2.24) is 4.90 Å². The second-order valence-electron chi connectivity index (χ2n) is 6.16. The van der Waals surface area contributed by atoms with Gasteiger partial charge in [-0.25, -0.2) is 0 Å². The summed E-state index contributed by atoms with van der Waals surface area (Å²) in [5, 5.41) is 0. The molecule has 0 fully saturated rings. The van der Waals surface area contributed by atoms with E-state index in [1.807, 2.05) is 45.0 Å². The van der Waals surface area contributed by atoms with Crippen LogP contribution in [0, 0.1) is 5.92 Å². The van der Waals surface area contributed by atoms with Crippen LogP contribution in [-0.2, 0) is 4.79 Å². The third-order valence-corrected chi connectivity index (χ3v) is 3.63. The molecular formula is C16H25N3O2. The second-order valence-corrected chi connectivity index (χ2v) is 6.16. The Hall–Kier alpha value is -1.75. The molecule has 2 N–H and O–H groups in total. The normalized spacial score (nSPS) is 18.1. The van der Waals surface area contributed by atoms with Gasteiger partial charge in [-0.1, -0.05) is 13.8 Å². The number of nitrogens with zero attached hydrogens (tertiary/aromatic N) is 2. The van der Waals surface area contributed by atoms with E-state index in [4.69, 9.17) is 10.5 Å². The fourth-order valence-corrected chi connectivity index (χ4v) is 2.50. The third-order valence-electron chi connectivity index (χ3n) is 3.63. The van der Waals surface area contributed by atoms with E-state index >= 15 is 0 Å². The van der Waals surface area contributed by atoms with E-state index in [-0.39, 0.29) is 11.8 Å². The number of ether oxygens (including phenoxy) is 1. The van der Waals surface area contributed by atoms with Crippen LogP contribution >= 0.6 is 0 Å². The molecule has 0 aromatic heterocycles. The maximum Gasteiger partial charge on any atom is 0.268 e. The topological polar surface area (TPSA) is 58.8 Å². The number of hydrogen-bond donors (Lipinski definition) is 1. The van der Waals surface area contributed by atoms with Crippen molar-refractivity contribution in [3.05, 3.63) is 18.2 Å². The number of hydrogen-bond acceptors (Lipinski definition) is 4. The van der Waals surface area contributed by atoms with Crippen LogP contribution in [0.15, 0.2) is 18.2 Å². The lowest BCUT2D eigenvalue weighted by Crippen LogP contribution is -2.49. The van der Waals surface area contributed by atoms with Crippen molar-refractivity contribution in [1.29, 1.82) is 0 Å². The molecule has 1 heterocycles. The molecule has 5 heteroatoms. The number of carbonyl (C=O) groups is 1. The zero-order chi connectivity index (χ0) is 15.6. The summed E-state index contributed by atoms with van der Waals surface area (Å²) in [5.41, 5.74) is 7.31. The zero-order valence-electron chi connectivity index (χ0n) is 13.3. The molecule has 0 saturated carbocycles. The van der Waals surface area contributed by atoms with Crippen LogP contribution in [-0.4, -0.2) is 44.1 Å². The highest BCUT2D eigenvalue weighted by atomic mass is 16.5. The minimum Gasteiger partial charge on any atom is -0.478 e. The molecule has 0 spiro atoms. The van der Waals surface area contributed by atoms with Crippen molar-refractivity contribution in [2.75, 3.05) is 37.8 Å². The van der Waals surface area contributed by atoms with Crippen molar-refractivity contribution in [2.24, 2.45) is 5.92 Å². The lowest BCUT2D eigenvalue weighted by atomic mass is 10.0. The Morgan fingerprint density at radius 2 is 2.10 bits per heavy atom. The number of fused-ring (bicyclic) bond motifs is 1. The van der Waals surface area contributed by atoms with Gasteiger partial charge in [0.2, 0.25) is 0 Å². The Labute approximate surface area is 126 Å². The molecule has 0 saturated heterocycles. The minimum absolute atomic E-state index is 0.0426. The van der Waals surface area contributed by atoms with Crippen LogP contribution in [0.2, 0.25) is 0 Å². The maximum absolute atomic E-state index is 12.6. The van der Waals surface area contributed by atoms with Gasteiger partial charge in [0.15, 0.2) is 6.10 Å². The smallest absolute Gasteiger partial charge is 0.268 e. The quantitative estimate of drug-likeness (QED) is 0.843. The number of benzene rings is 1. The average molecular weight is 291 g/mol. The van der Waals surface area contributed by atoms with Gasteiger partial charge in [-0.05, 0) is 45.1 Å². The first-order valence-electron chi connectivity index (χ1n) is 7.42. The number of amides is 1. The summed E-state index contributed by atoms with van der Waals surface area (Å²) >= 11 is 0. The van der Waals surface area contributed by atoms with Crippen molar-refractivity contribution in [3.63, 3.8) is 0 Å². The first-order valence-corrected chi connectivity index (χ1v) is 7.42. The van der Waals surface area contributed by atoms with Crippen LogP contribution in [0.25, 0.3) is 0 Å². The number of rotatable bonds is 5. The summed E-state index contributed by atoms with van der Waals surface area (Å²) in [5.74, 6) is 0.877. The van der Waals surface area contributed by atoms with Gasteiger partial charge in [-0.2, -0.15) is 0 Å². The first kappa shape index (κ1) is 15.6. The Kier molecular flexibility index (Phi) is 4.73. The fourth-order valence-electron chi connectivity index (χ4n) is 2.50. The zero-order valence-corrected chi connectivity index (χ0v) is 13.3. The molecule has 0 aliphatic carbocycles. The van der Waals surface area contributed by atoms with Crippen LogP contribution in [0.1, 0.15) is 20.3 Å². The van der Waals surface area contributed by atoms with E-state index in [0.717, 1.165) is 18.7 Å². The third kappa shape index (κ3) is 3.47. The summed E-state index contributed by atoms with van der Waals surface area (Å²) in [7, 11) is 4.07. The van der Waals surface area contributed by atoms with E-state index in [0.29, 0.717) is 18.0 Å². The number of carbonyl (C=O) groups excluding carboxylic acids is 1. The number of nitrogen functional groups attached to an aromatic ring is 1. The Balaban J connectivity index is 2.26. The van der Waals surface area contributed by atoms with Gasteiger partial charge in [0, 0.05) is 18.3 Å². The summed E-state index contributed by atoms with van der Waals surface area (Å²) in [4.78, 5) is 16.6. The van der Waals surface area contributed by atoms with E-state index < -0.39 is 6.10 Å². The lowest BCUT2D eigenvalue weighted by Gasteiger charge is -2.36. The highest BCUT2D eigenvalue weighted by Crippen LogP contribution is 2.37. The summed E-state index contributed by atoms with van der Waals surface area (Å²) < 4.78 is 5.86. The number of nitrogens with two attached hydrogens (primary N) is 1. The summed E-state index contributed by atoms with van der Waals surface area (Å²) in [6.45, 7) is 5.64. The Morgan fingerprint density at radius 3 is 2.71 bits per heavy atom. The fraction of sp³-hybridized carbons (Fsp3) is 0.562. The standard InChI is InChI=1S/C16H25N3O2/c1-11(2)15-16(20)19(9-5-8-18(3)4)13-7-6-12(17)10-14(13)21-15/h6-7,10-11,15H,5,8-9,17H2,1-4H3. The van der Waals surface area contributed by atoms with Crippen LogP contribution < -0.4 is 15.4 Å². The molecule has 2 rings (SSSR count). The SMILES string of the molecule is CC(C)C1Oc2cc(N)ccc2N(CCCN(C)C)C1=O. The van der Waals surface area contributed by atoms with Crippen molar-refractivity contribution in [3.8, 4) is 5.75 Å². The molecule has 1 amide bonds. The van der Waals surface area contributed by atoms with E-state index in [9.17, 15) is 4.79 Å². The van der Waals surface area contributed by atoms with Crippen molar-refractivity contribution < 1.29 is 9.53 Å². The summed E-state index contributed by atoms with van der Waals surface area (Å²) in [6.07, 6.45) is 0.492. The largest absolute Gasteiger partial charge is 0.478 e. The van der Waals surface area contributed by atoms with Gasteiger partial charge in [0.25, 0.3) is 5.91 Å². The van der Waals surface area contributed by atoms with Crippen LogP contribution in [0.4, 0.5) is 11.4 Å². The van der Waals surface area contributed by atoms with E-state index in [1.165, 1.54) is 0 Å². The molecule has 0 radical (unpaired) electrons. The molecule has 21 heavy (non-hydrogen) atoms. The molecule has 1 aliphatic heterocycles. The molecule has 0 bridgehead atoms. The maximum atomic E-state index is 12.6. The number of anilines is 2. The van der Waals surface area contributed by atoms with Gasteiger partial charge >= 0.3 is 0 Å². The van der Waals surface area contributed by atoms with Gasteiger partial charge in [-0.15, -0.1) is 0 Å². The first-order chi connectivity index (χ1) is 9.90. The van der Waals surface area contributed by atoms with Gasteiger partial charge in [0.05, 0.1) is 5.69 Å². The molecule has 5 nitrogen and oxygen atoms in total. The average Bonchev–Trinajstić information content (AvgIpc) is 2.40. The van der Waals surface area contributed by atoms with Crippen molar-refractivity contribution in [2.45, 2.75) is 26.4 Å². The Morgan fingerprint density at radius 1 is 1.38 bits per heavy atom. The van der Waals surface area contributed by atoms with Crippen molar-refractivity contribution >= 4 is 17.3 Å². The van der Waals surface area contributed by atoms with E-state index in [1.54, 1.807) is 6.07 Å². The molecule has 116 valence electrons. The molecule has 1 atom stereocenters. The molecule has 1 aliphatic rings. The highest BCUT2D eigenvalue weighted by molar-refractivity contribution is 6.00. The minimum atomic E-state index is -0.432. The van der Waals surface area contributed by atoms with E-state index in [2.05, 4.69) is 4.90 Å². The monoisotopic (exact) mass is 291 g/mol. The van der Waals surface area contributed by atoms with Gasteiger partial charge < -0.3 is 20.3 Å². The summed E-state index contributed by atoms with van der Waals surface area (Å²) in [6, 6.07) is 5.48. The van der Waals surface area contributed by atoms with Crippen LogP contribution in [0.5, 0.6) is 5.75 Å². The second kappa shape index (κ2) is 6.35. The molecule has 1 aromatic rings. The van der Waals surface area contributed by atoms with Gasteiger partial charge in [-0.3, -0.25) is 4.79 Å².